The van der Waals surface area contributed by atoms with Gasteiger partial charge < -0.3 is 15.4 Å². The van der Waals surface area contributed by atoms with Crippen LogP contribution in [0.25, 0.3) is 0 Å². The van der Waals surface area contributed by atoms with E-state index in [1.165, 1.54) is 12.8 Å². The number of piperidine rings is 1. The van der Waals surface area contributed by atoms with Gasteiger partial charge in [0.05, 0.1) is 12.7 Å². The molecule has 116 valence electrons. The van der Waals surface area contributed by atoms with Crippen LogP contribution in [0.2, 0.25) is 0 Å². The third-order valence-corrected chi connectivity index (χ3v) is 4.91. The topological polar surface area (TPSA) is 50.4 Å². The van der Waals surface area contributed by atoms with Crippen LogP contribution in [0.3, 0.4) is 0 Å². The van der Waals surface area contributed by atoms with Crippen molar-refractivity contribution in [3.8, 4) is 5.75 Å². The van der Waals surface area contributed by atoms with Gasteiger partial charge in [0.15, 0.2) is 0 Å². The first kappa shape index (κ1) is 16.3. The number of halogens is 1. The van der Waals surface area contributed by atoms with E-state index in [0.717, 1.165) is 11.0 Å². The lowest BCUT2D eigenvalue weighted by Gasteiger charge is -2.39. The normalized spacial score (nSPS) is 20.9. The number of amides is 1. The summed E-state index contributed by atoms with van der Waals surface area (Å²) in [7, 11) is 1.60. The largest absolute Gasteiger partial charge is 0.497 e. The van der Waals surface area contributed by atoms with Crippen molar-refractivity contribution in [2.24, 2.45) is 5.41 Å². The summed E-state index contributed by atoms with van der Waals surface area (Å²) in [5.74, 6) is 0.600. The summed E-state index contributed by atoms with van der Waals surface area (Å²) in [5.41, 5.74) is 0.805. The van der Waals surface area contributed by atoms with Crippen LogP contribution in [0, 0.1) is 5.41 Å². The van der Waals surface area contributed by atoms with Gasteiger partial charge in [-0.1, -0.05) is 13.8 Å². The average Bonchev–Trinajstić information content (AvgIpc) is 2.46. The van der Waals surface area contributed by atoms with Crippen LogP contribution in [-0.2, 0) is 0 Å². The minimum atomic E-state index is -0.0797. The molecular weight excluding hydrogens is 332 g/mol. The molecular formula is C16H23BrN2O2. The van der Waals surface area contributed by atoms with E-state index in [2.05, 4.69) is 40.4 Å². The third-order valence-electron chi connectivity index (χ3n) is 4.22. The molecule has 1 unspecified atom stereocenters. The first-order valence-electron chi connectivity index (χ1n) is 7.29. The van der Waals surface area contributed by atoms with Gasteiger partial charge in [0, 0.05) is 17.1 Å². The van der Waals surface area contributed by atoms with Gasteiger partial charge in [-0.3, -0.25) is 4.79 Å². The predicted octanol–water partition coefficient (Wildman–Crippen LogP) is 2.97. The maximum absolute atomic E-state index is 12.4. The lowest BCUT2D eigenvalue weighted by molar-refractivity contribution is 0.0927. The van der Waals surface area contributed by atoms with Crippen LogP contribution in [-0.4, -0.2) is 32.1 Å². The van der Waals surface area contributed by atoms with Crippen molar-refractivity contribution in [1.82, 2.24) is 10.6 Å². The van der Waals surface area contributed by atoms with E-state index in [1.807, 2.05) is 12.1 Å². The molecule has 2 N–H and O–H groups in total. The summed E-state index contributed by atoms with van der Waals surface area (Å²) in [6.45, 7) is 6.15. The molecule has 0 aliphatic carbocycles. The van der Waals surface area contributed by atoms with E-state index in [-0.39, 0.29) is 11.3 Å². The summed E-state index contributed by atoms with van der Waals surface area (Å²) in [5, 5.41) is 6.53. The van der Waals surface area contributed by atoms with E-state index in [0.29, 0.717) is 23.9 Å². The zero-order valence-electron chi connectivity index (χ0n) is 12.8. The molecule has 1 heterocycles. The van der Waals surface area contributed by atoms with Crippen molar-refractivity contribution >= 4 is 21.8 Å². The number of ether oxygens (including phenoxy) is 1. The van der Waals surface area contributed by atoms with Crippen molar-refractivity contribution in [2.75, 3.05) is 20.2 Å². The number of carbonyl (C=O) groups excluding carboxylic acids is 1. The second kappa shape index (κ2) is 6.79. The average molecular weight is 355 g/mol. The molecule has 1 aliphatic heterocycles. The molecule has 0 aromatic heterocycles. The Labute approximate surface area is 134 Å². The molecule has 0 spiro atoms. The Morgan fingerprint density at radius 2 is 2.29 bits per heavy atom. The Morgan fingerprint density at radius 3 is 2.95 bits per heavy atom. The van der Waals surface area contributed by atoms with Gasteiger partial charge in [0.1, 0.15) is 5.75 Å². The standard InChI is InChI=1S/C16H23BrN2O2/c1-16(2)7-4-8-18-14(16)10-19-15(20)12-9-11(21-3)5-6-13(12)17/h5-6,9,14,18H,4,7-8,10H2,1-3H3,(H,19,20). The van der Waals surface area contributed by atoms with Crippen LogP contribution in [0.4, 0.5) is 0 Å². The van der Waals surface area contributed by atoms with Crippen molar-refractivity contribution in [3.05, 3.63) is 28.2 Å². The summed E-state index contributed by atoms with van der Waals surface area (Å²) in [4.78, 5) is 12.4. The Bertz CT molecular complexity index is 517. The molecule has 1 atom stereocenters. The highest BCUT2D eigenvalue weighted by Crippen LogP contribution is 2.29. The number of carbonyl (C=O) groups is 1. The zero-order valence-corrected chi connectivity index (χ0v) is 14.4. The highest BCUT2D eigenvalue weighted by molar-refractivity contribution is 9.10. The molecule has 0 saturated carbocycles. The summed E-state index contributed by atoms with van der Waals surface area (Å²) < 4.78 is 5.95. The molecule has 0 bridgehead atoms. The Kier molecular flexibility index (Phi) is 5.27. The number of benzene rings is 1. The first-order chi connectivity index (χ1) is 9.94. The second-order valence-corrected chi connectivity index (χ2v) is 7.01. The first-order valence-corrected chi connectivity index (χ1v) is 8.08. The van der Waals surface area contributed by atoms with Gasteiger partial charge in [-0.05, 0) is 58.9 Å². The Balaban J connectivity index is 2.01. The molecule has 1 fully saturated rings. The minimum absolute atomic E-state index is 0.0797. The molecule has 1 aromatic rings. The van der Waals surface area contributed by atoms with Crippen LogP contribution < -0.4 is 15.4 Å². The number of hydrogen-bond donors (Lipinski definition) is 2. The molecule has 4 nitrogen and oxygen atoms in total. The number of nitrogens with one attached hydrogen (secondary N) is 2. The van der Waals surface area contributed by atoms with Crippen LogP contribution in [0.1, 0.15) is 37.0 Å². The predicted molar refractivity (Wildman–Crippen MR) is 87.8 cm³/mol. The molecule has 1 aliphatic rings. The van der Waals surface area contributed by atoms with Crippen LogP contribution in [0.15, 0.2) is 22.7 Å². The SMILES string of the molecule is COc1ccc(Br)c(C(=O)NCC2NCCCC2(C)C)c1. The second-order valence-electron chi connectivity index (χ2n) is 6.15. The quantitative estimate of drug-likeness (QED) is 0.873. The summed E-state index contributed by atoms with van der Waals surface area (Å²) >= 11 is 3.42. The zero-order chi connectivity index (χ0) is 15.5. The molecule has 0 radical (unpaired) electrons. The number of methoxy groups -OCH3 is 1. The van der Waals surface area contributed by atoms with Crippen LogP contribution >= 0.6 is 15.9 Å². The van der Waals surface area contributed by atoms with E-state index >= 15 is 0 Å². The lowest BCUT2D eigenvalue weighted by Crippen LogP contribution is -2.52. The van der Waals surface area contributed by atoms with Gasteiger partial charge in [0.25, 0.3) is 5.91 Å². The van der Waals surface area contributed by atoms with Gasteiger partial charge in [-0.15, -0.1) is 0 Å². The van der Waals surface area contributed by atoms with Crippen molar-refractivity contribution in [1.29, 1.82) is 0 Å². The summed E-state index contributed by atoms with van der Waals surface area (Å²) in [6, 6.07) is 5.71. The minimum Gasteiger partial charge on any atom is -0.497 e. The van der Waals surface area contributed by atoms with Gasteiger partial charge in [-0.25, -0.2) is 0 Å². The van der Waals surface area contributed by atoms with Crippen LogP contribution in [0.5, 0.6) is 5.75 Å². The van der Waals surface area contributed by atoms with Crippen molar-refractivity contribution < 1.29 is 9.53 Å². The van der Waals surface area contributed by atoms with E-state index in [1.54, 1.807) is 13.2 Å². The monoisotopic (exact) mass is 354 g/mol. The Hall–Kier alpha value is -1.07. The molecule has 5 heteroatoms. The molecule has 1 saturated heterocycles. The molecule has 2 rings (SSSR count). The molecule has 1 aromatic carbocycles. The molecule has 1 amide bonds. The number of hydrogen-bond acceptors (Lipinski definition) is 3. The van der Waals surface area contributed by atoms with Crippen molar-refractivity contribution in [2.45, 2.75) is 32.7 Å². The maximum atomic E-state index is 12.4. The van der Waals surface area contributed by atoms with Gasteiger partial charge in [-0.2, -0.15) is 0 Å². The highest BCUT2D eigenvalue weighted by Gasteiger charge is 2.32. The molecule has 21 heavy (non-hydrogen) atoms. The third kappa shape index (κ3) is 3.98. The summed E-state index contributed by atoms with van der Waals surface area (Å²) in [6.07, 6.45) is 2.38. The van der Waals surface area contributed by atoms with E-state index < -0.39 is 0 Å². The fourth-order valence-electron chi connectivity index (χ4n) is 2.71. The Morgan fingerprint density at radius 1 is 1.52 bits per heavy atom. The smallest absolute Gasteiger partial charge is 0.252 e. The fraction of sp³-hybridized carbons (Fsp3) is 0.562. The highest BCUT2D eigenvalue weighted by atomic mass is 79.9. The number of rotatable bonds is 4. The maximum Gasteiger partial charge on any atom is 0.252 e. The van der Waals surface area contributed by atoms with E-state index in [4.69, 9.17) is 4.74 Å². The van der Waals surface area contributed by atoms with Gasteiger partial charge in [0.2, 0.25) is 0 Å². The van der Waals surface area contributed by atoms with E-state index in [9.17, 15) is 4.79 Å². The van der Waals surface area contributed by atoms with Crippen molar-refractivity contribution in [3.63, 3.8) is 0 Å². The fourth-order valence-corrected chi connectivity index (χ4v) is 3.14. The van der Waals surface area contributed by atoms with Gasteiger partial charge >= 0.3 is 0 Å². The lowest BCUT2D eigenvalue weighted by atomic mass is 9.77.